The molecule has 2 aromatic rings. The van der Waals surface area contributed by atoms with Gasteiger partial charge in [0, 0.05) is 5.56 Å². The van der Waals surface area contributed by atoms with Gasteiger partial charge in [0.1, 0.15) is 5.69 Å². The Morgan fingerprint density at radius 1 is 1.31 bits per heavy atom. The molecule has 2 rings (SSSR count). The van der Waals surface area contributed by atoms with Gasteiger partial charge < -0.3 is 0 Å². The monoisotopic (exact) mass is 237 g/mol. The van der Waals surface area contributed by atoms with E-state index in [-0.39, 0.29) is 0 Å². The van der Waals surface area contributed by atoms with Crippen LogP contribution in [0.4, 0.5) is 0 Å². The highest BCUT2D eigenvalue weighted by Crippen LogP contribution is 2.17. The van der Waals surface area contributed by atoms with Crippen LogP contribution >= 0.6 is 0 Å². The fraction of sp³-hybridized carbons (Fsp3) is 0.200. The molecule has 0 fully saturated rings. The van der Waals surface area contributed by atoms with E-state index in [2.05, 4.69) is 10.3 Å². The van der Waals surface area contributed by atoms with E-state index in [4.69, 9.17) is 0 Å². The van der Waals surface area contributed by atoms with Crippen molar-refractivity contribution in [2.75, 3.05) is 6.26 Å². The number of rotatable bonds is 2. The molecule has 0 unspecified atom stereocenters. The first-order chi connectivity index (χ1) is 7.47. The van der Waals surface area contributed by atoms with Crippen molar-refractivity contribution in [3.05, 3.63) is 36.0 Å². The molecule has 0 saturated heterocycles. The van der Waals surface area contributed by atoms with Crippen LogP contribution in [-0.4, -0.2) is 29.1 Å². The van der Waals surface area contributed by atoms with E-state index in [0.29, 0.717) is 5.69 Å². The van der Waals surface area contributed by atoms with Crippen molar-refractivity contribution < 1.29 is 8.42 Å². The number of aromatic nitrogens is 3. The van der Waals surface area contributed by atoms with Crippen LogP contribution in [0.15, 0.2) is 30.5 Å². The van der Waals surface area contributed by atoms with E-state index >= 15 is 0 Å². The lowest BCUT2D eigenvalue weighted by Gasteiger charge is -1.96. The summed E-state index contributed by atoms with van der Waals surface area (Å²) in [7, 11) is -3.36. The van der Waals surface area contributed by atoms with Crippen LogP contribution in [0.1, 0.15) is 5.56 Å². The molecule has 0 bridgehead atoms. The third-order valence-corrected chi connectivity index (χ3v) is 2.98. The summed E-state index contributed by atoms with van der Waals surface area (Å²) in [6.07, 6.45) is 2.49. The van der Waals surface area contributed by atoms with Crippen molar-refractivity contribution in [2.24, 2.45) is 0 Å². The SMILES string of the molecule is Cc1cccc(-c2cn(S(C)(=O)=O)nn2)c1. The van der Waals surface area contributed by atoms with E-state index in [1.54, 1.807) is 0 Å². The zero-order valence-electron chi connectivity index (χ0n) is 8.95. The van der Waals surface area contributed by atoms with Crippen molar-refractivity contribution >= 4 is 10.0 Å². The predicted octanol–water partition coefficient (Wildman–Crippen LogP) is 1.06. The molecule has 0 saturated carbocycles. The van der Waals surface area contributed by atoms with E-state index in [1.807, 2.05) is 31.2 Å². The minimum atomic E-state index is -3.36. The first-order valence-corrected chi connectivity index (χ1v) is 6.51. The summed E-state index contributed by atoms with van der Waals surface area (Å²) in [5.41, 5.74) is 2.50. The van der Waals surface area contributed by atoms with E-state index in [1.165, 1.54) is 6.20 Å². The molecule has 0 N–H and O–H groups in total. The van der Waals surface area contributed by atoms with Gasteiger partial charge in [-0.15, -0.1) is 9.19 Å². The van der Waals surface area contributed by atoms with Crippen molar-refractivity contribution in [2.45, 2.75) is 6.92 Å². The maximum absolute atomic E-state index is 11.2. The van der Waals surface area contributed by atoms with Crippen molar-refractivity contribution in [3.63, 3.8) is 0 Å². The number of hydrogen-bond donors (Lipinski definition) is 0. The zero-order valence-corrected chi connectivity index (χ0v) is 9.77. The predicted molar refractivity (Wildman–Crippen MR) is 60.4 cm³/mol. The van der Waals surface area contributed by atoms with Gasteiger partial charge in [0.15, 0.2) is 0 Å². The van der Waals surface area contributed by atoms with Crippen LogP contribution in [0.5, 0.6) is 0 Å². The summed E-state index contributed by atoms with van der Waals surface area (Å²) < 4.78 is 23.3. The Hall–Kier alpha value is -1.69. The summed E-state index contributed by atoms with van der Waals surface area (Å²) in [6, 6.07) is 7.65. The molecule has 0 spiro atoms. The van der Waals surface area contributed by atoms with E-state index in [9.17, 15) is 8.42 Å². The highest BCUT2D eigenvalue weighted by atomic mass is 32.2. The molecule has 5 nitrogen and oxygen atoms in total. The molecule has 1 aromatic heterocycles. The lowest BCUT2D eigenvalue weighted by Crippen LogP contribution is -2.10. The van der Waals surface area contributed by atoms with Crippen LogP contribution < -0.4 is 0 Å². The standard InChI is InChI=1S/C10H11N3O2S/c1-8-4-3-5-9(6-8)10-7-13(12-11-10)16(2,14)15/h3-7H,1-2H3. The fourth-order valence-electron chi connectivity index (χ4n) is 1.35. The first-order valence-electron chi connectivity index (χ1n) is 4.67. The highest BCUT2D eigenvalue weighted by molar-refractivity contribution is 7.89. The van der Waals surface area contributed by atoms with Crippen LogP contribution in [-0.2, 0) is 10.0 Å². The molecule has 0 amide bonds. The smallest absolute Gasteiger partial charge is 0.205 e. The van der Waals surface area contributed by atoms with Crippen LogP contribution in [0.25, 0.3) is 11.3 Å². The second kappa shape index (κ2) is 3.71. The lowest BCUT2D eigenvalue weighted by atomic mass is 10.1. The molecule has 0 aliphatic rings. The molecular formula is C10H11N3O2S. The second-order valence-corrected chi connectivity index (χ2v) is 5.45. The Morgan fingerprint density at radius 2 is 2.06 bits per heavy atom. The largest absolute Gasteiger partial charge is 0.252 e. The molecule has 0 aliphatic heterocycles. The van der Waals surface area contributed by atoms with Gasteiger partial charge in [0.25, 0.3) is 10.0 Å². The topological polar surface area (TPSA) is 64.8 Å². The maximum Gasteiger partial charge on any atom is 0.252 e. The summed E-state index contributed by atoms with van der Waals surface area (Å²) in [5.74, 6) is 0. The van der Waals surface area contributed by atoms with Crippen LogP contribution in [0.3, 0.4) is 0 Å². The Bertz CT molecular complexity index is 616. The normalized spacial score (nSPS) is 11.6. The van der Waals surface area contributed by atoms with Crippen molar-refractivity contribution in [3.8, 4) is 11.3 Å². The summed E-state index contributed by atoms with van der Waals surface area (Å²) in [4.78, 5) is 0. The third kappa shape index (κ3) is 2.11. The van der Waals surface area contributed by atoms with Gasteiger partial charge in [0.2, 0.25) is 0 Å². The Balaban J connectivity index is 2.47. The third-order valence-electron chi connectivity index (χ3n) is 2.13. The van der Waals surface area contributed by atoms with Gasteiger partial charge >= 0.3 is 0 Å². The lowest BCUT2D eigenvalue weighted by molar-refractivity contribution is 0.583. The first kappa shape index (κ1) is 10.8. The summed E-state index contributed by atoms with van der Waals surface area (Å²) in [5, 5.41) is 7.40. The number of nitrogens with zero attached hydrogens (tertiary/aromatic N) is 3. The minimum absolute atomic E-state index is 0.550. The van der Waals surface area contributed by atoms with Gasteiger partial charge in [-0.2, -0.15) is 0 Å². The van der Waals surface area contributed by atoms with Crippen molar-refractivity contribution in [1.82, 2.24) is 14.4 Å². The van der Waals surface area contributed by atoms with Gasteiger partial charge in [-0.3, -0.25) is 0 Å². The average molecular weight is 237 g/mol. The minimum Gasteiger partial charge on any atom is -0.205 e. The fourth-order valence-corrected chi connectivity index (χ4v) is 1.81. The van der Waals surface area contributed by atoms with E-state index in [0.717, 1.165) is 21.5 Å². The molecule has 0 aliphatic carbocycles. The molecular weight excluding hydrogens is 226 g/mol. The zero-order chi connectivity index (χ0) is 11.8. The Morgan fingerprint density at radius 3 is 2.62 bits per heavy atom. The number of benzene rings is 1. The molecule has 1 heterocycles. The van der Waals surface area contributed by atoms with Gasteiger partial charge in [-0.25, -0.2) is 8.42 Å². The molecule has 16 heavy (non-hydrogen) atoms. The molecule has 6 heteroatoms. The van der Waals surface area contributed by atoms with Gasteiger partial charge in [-0.05, 0) is 13.0 Å². The maximum atomic E-state index is 11.2. The number of hydrogen-bond acceptors (Lipinski definition) is 4. The number of aryl methyl sites for hydroxylation is 1. The Labute approximate surface area is 93.8 Å². The quantitative estimate of drug-likeness (QED) is 0.783. The van der Waals surface area contributed by atoms with E-state index < -0.39 is 10.0 Å². The Kier molecular flexibility index (Phi) is 2.51. The summed E-state index contributed by atoms with van der Waals surface area (Å²) >= 11 is 0. The van der Waals surface area contributed by atoms with Gasteiger partial charge in [-0.1, -0.05) is 29.0 Å². The van der Waals surface area contributed by atoms with Crippen molar-refractivity contribution in [1.29, 1.82) is 0 Å². The average Bonchev–Trinajstić information content (AvgIpc) is 2.65. The van der Waals surface area contributed by atoms with Crippen LogP contribution in [0, 0.1) is 6.92 Å². The second-order valence-electron chi connectivity index (χ2n) is 3.61. The molecule has 0 atom stereocenters. The molecule has 0 radical (unpaired) electrons. The van der Waals surface area contributed by atoms with Crippen LogP contribution in [0.2, 0.25) is 0 Å². The molecule has 1 aromatic carbocycles. The highest BCUT2D eigenvalue weighted by Gasteiger charge is 2.10. The van der Waals surface area contributed by atoms with Gasteiger partial charge in [0.05, 0.1) is 12.5 Å². The summed E-state index contributed by atoms with van der Waals surface area (Å²) in [6.45, 7) is 1.96. The molecule has 84 valence electrons.